The van der Waals surface area contributed by atoms with Gasteiger partial charge in [0.25, 0.3) is 0 Å². The minimum atomic E-state index is 0.0718. The van der Waals surface area contributed by atoms with Gasteiger partial charge in [-0.05, 0) is 30.5 Å². The van der Waals surface area contributed by atoms with Gasteiger partial charge in [0.05, 0.1) is 10.0 Å². The van der Waals surface area contributed by atoms with E-state index in [0.29, 0.717) is 10.0 Å². The van der Waals surface area contributed by atoms with Crippen molar-refractivity contribution in [3.8, 4) is 0 Å². The van der Waals surface area contributed by atoms with Crippen molar-refractivity contribution < 1.29 is 0 Å². The Labute approximate surface area is 132 Å². The summed E-state index contributed by atoms with van der Waals surface area (Å²) in [6.45, 7) is 0. The lowest BCUT2D eigenvalue weighted by Crippen LogP contribution is -2.38. The van der Waals surface area contributed by atoms with Gasteiger partial charge in [0, 0.05) is 30.6 Å². The van der Waals surface area contributed by atoms with Crippen LogP contribution in [0.1, 0.15) is 30.5 Å². The number of thiazole rings is 1. The molecular weight excluding hydrogens is 311 g/mol. The summed E-state index contributed by atoms with van der Waals surface area (Å²) in [6.07, 6.45) is 3.55. The lowest BCUT2D eigenvalue weighted by molar-refractivity contribution is 0.286. The van der Waals surface area contributed by atoms with E-state index in [-0.39, 0.29) is 5.41 Å². The minimum absolute atomic E-state index is 0.0718. The predicted octanol–water partition coefficient (Wildman–Crippen LogP) is 4.39. The van der Waals surface area contributed by atoms with Gasteiger partial charge in [-0.1, -0.05) is 35.7 Å². The van der Waals surface area contributed by atoms with Crippen molar-refractivity contribution in [1.82, 2.24) is 4.57 Å². The summed E-state index contributed by atoms with van der Waals surface area (Å²) in [5.41, 5.74) is 2.66. The van der Waals surface area contributed by atoms with E-state index >= 15 is 0 Å². The first-order chi connectivity index (χ1) is 9.58. The highest BCUT2D eigenvalue weighted by molar-refractivity contribution is 7.07. The molecule has 1 aliphatic carbocycles. The van der Waals surface area contributed by atoms with E-state index in [1.165, 1.54) is 17.7 Å². The molecule has 0 unspecified atom stereocenters. The average molecular weight is 327 g/mol. The van der Waals surface area contributed by atoms with Crippen LogP contribution < -0.4 is 4.80 Å². The van der Waals surface area contributed by atoms with Gasteiger partial charge < -0.3 is 4.57 Å². The molecule has 1 aromatic carbocycles. The van der Waals surface area contributed by atoms with E-state index in [2.05, 4.69) is 28.1 Å². The number of nitrogens with zero attached hydrogens (tertiary/aromatic N) is 2. The molecule has 5 heteroatoms. The highest BCUT2D eigenvalue weighted by Crippen LogP contribution is 2.49. The summed E-state index contributed by atoms with van der Waals surface area (Å²) in [6, 6.07) is 6.02. The molecule has 1 saturated carbocycles. The van der Waals surface area contributed by atoms with E-state index in [0.717, 1.165) is 17.6 Å². The molecule has 0 spiro atoms. The molecule has 1 aliphatic rings. The van der Waals surface area contributed by atoms with Crippen molar-refractivity contribution in [1.29, 1.82) is 0 Å². The maximum Gasteiger partial charge on any atom is 0.184 e. The monoisotopic (exact) mass is 326 g/mol. The maximum absolute atomic E-state index is 6.21. The molecule has 106 valence electrons. The molecule has 2 nitrogen and oxygen atoms in total. The molecule has 0 aliphatic heterocycles. The molecule has 3 rings (SSSR count). The van der Waals surface area contributed by atoms with E-state index < -0.39 is 0 Å². The summed E-state index contributed by atoms with van der Waals surface area (Å²) in [4.78, 5) is 5.37. The Bertz CT molecular complexity index is 711. The number of halogens is 2. The van der Waals surface area contributed by atoms with Crippen LogP contribution in [0.4, 0.5) is 0 Å². The Morgan fingerprint density at radius 3 is 2.50 bits per heavy atom. The van der Waals surface area contributed by atoms with Gasteiger partial charge in [0.15, 0.2) is 4.80 Å². The molecule has 1 aromatic heterocycles. The van der Waals surface area contributed by atoms with Crippen LogP contribution in [0.25, 0.3) is 0 Å². The lowest BCUT2D eigenvalue weighted by Gasteiger charge is -2.42. The van der Waals surface area contributed by atoms with Crippen LogP contribution in [0.3, 0.4) is 0 Å². The van der Waals surface area contributed by atoms with Gasteiger partial charge in [-0.15, -0.1) is 11.3 Å². The standard InChI is InChI=1S/C15H16Cl2N2S/c1-18-14-19(2)13(9-20-14)15(6-3-7-15)10-4-5-11(16)12(17)8-10/h4-5,8-9H,3,6-7H2,1-2H3. The second kappa shape index (κ2) is 5.21. The van der Waals surface area contributed by atoms with E-state index in [9.17, 15) is 0 Å². The first-order valence-electron chi connectivity index (χ1n) is 6.62. The first kappa shape index (κ1) is 14.2. The maximum atomic E-state index is 6.21. The van der Waals surface area contributed by atoms with Crippen LogP contribution in [-0.2, 0) is 12.5 Å². The second-order valence-corrected chi connectivity index (χ2v) is 6.90. The molecule has 0 radical (unpaired) electrons. The molecule has 2 aromatic rings. The Kier molecular flexibility index (Phi) is 3.69. The van der Waals surface area contributed by atoms with Crippen molar-refractivity contribution in [2.45, 2.75) is 24.7 Å². The van der Waals surface area contributed by atoms with Crippen LogP contribution >= 0.6 is 34.5 Å². The fourth-order valence-corrected chi connectivity index (χ4v) is 4.28. The van der Waals surface area contributed by atoms with Crippen molar-refractivity contribution in [3.05, 3.63) is 49.7 Å². The van der Waals surface area contributed by atoms with Crippen molar-refractivity contribution in [2.75, 3.05) is 7.05 Å². The van der Waals surface area contributed by atoms with Gasteiger partial charge in [-0.3, -0.25) is 4.99 Å². The van der Waals surface area contributed by atoms with Gasteiger partial charge in [-0.2, -0.15) is 0 Å². The third kappa shape index (κ3) is 2.03. The molecular formula is C15H16Cl2N2S. The fraction of sp³-hybridized carbons (Fsp3) is 0.400. The third-order valence-electron chi connectivity index (χ3n) is 4.29. The molecule has 0 N–H and O–H groups in total. The molecule has 1 fully saturated rings. The fourth-order valence-electron chi connectivity index (χ4n) is 3.02. The van der Waals surface area contributed by atoms with Crippen molar-refractivity contribution >= 4 is 34.5 Å². The van der Waals surface area contributed by atoms with Crippen LogP contribution in [0.2, 0.25) is 10.0 Å². The Hall–Kier alpha value is -0.770. The summed E-state index contributed by atoms with van der Waals surface area (Å²) in [7, 11) is 3.92. The van der Waals surface area contributed by atoms with Crippen LogP contribution in [-0.4, -0.2) is 11.6 Å². The number of aromatic nitrogens is 1. The topological polar surface area (TPSA) is 17.3 Å². The lowest BCUT2D eigenvalue weighted by atomic mass is 9.62. The first-order valence-corrected chi connectivity index (χ1v) is 8.25. The van der Waals surface area contributed by atoms with E-state index in [1.807, 2.05) is 19.2 Å². The molecule has 0 saturated heterocycles. The Morgan fingerprint density at radius 2 is 2.00 bits per heavy atom. The molecule has 0 atom stereocenters. The number of benzene rings is 1. The molecule has 0 amide bonds. The third-order valence-corrected chi connectivity index (χ3v) is 6.03. The SMILES string of the molecule is CN=c1scc(C2(c3ccc(Cl)c(Cl)c3)CCC2)n1C. The normalized spacial score (nSPS) is 18.1. The summed E-state index contributed by atoms with van der Waals surface area (Å²) in [5.74, 6) is 0. The van der Waals surface area contributed by atoms with Gasteiger partial charge in [0.2, 0.25) is 0 Å². The van der Waals surface area contributed by atoms with E-state index in [1.54, 1.807) is 11.3 Å². The minimum Gasteiger partial charge on any atom is -0.323 e. The zero-order valence-electron chi connectivity index (χ0n) is 11.5. The molecule has 20 heavy (non-hydrogen) atoms. The predicted molar refractivity (Wildman–Crippen MR) is 85.9 cm³/mol. The highest BCUT2D eigenvalue weighted by Gasteiger charge is 2.42. The van der Waals surface area contributed by atoms with Crippen LogP contribution in [0.15, 0.2) is 28.6 Å². The van der Waals surface area contributed by atoms with Gasteiger partial charge in [-0.25, -0.2) is 0 Å². The second-order valence-electron chi connectivity index (χ2n) is 5.25. The Balaban J connectivity index is 2.16. The average Bonchev–Trinajstić information content (AvgIpc) is 2.74. The van der Waals surface area contributed by atoms with Gasteiger partial charge >= 0.3 is 0 Å². The number of rotatable bonds is 2. The number of hydrogen-bond donors (Lipinski definition) is 0. The Morgan fingerprint density at radius 1 is 1.25 bits per heavy atom. The number of hydrogen-bond acceptors (Lipinski definition) is 2. The zero-order valence-corrected chi connectivity index (χ0v) is 13.8. The summed E-state index contributed by atoms with van der Waals surface area (Å²) in [5, 5.41) is 3.47. The largest absolute Gasteiger partial charge is 0.323 e. The zero-order chi connectivity index (χ0) is 14.3. The molecule has 1 heterocycles. The smallest absolute Gasteiger partial charge is 0.184 e. The molecule has 0 bridgehead atoms. The van der Waals surface area contributed by atoms with Gasteiger partial charge in [0.1, 0.15) is 0 Å². The quantitative estimate of drug-likeness (QED) is 0.778. The van der Waals surface area contributed by atoms with Crippen LogP contribution in [0, 0.1) is 0 Å². The summed E-state index contributed by atoms with van der Waals surface area (Å²) < 4.78 is 2.20. The van der Waals surface area contributed by atoms with Crippen molar-refractivity contribution in [2.24, 2.45) is 12.0 Å². The van der Waals surface area contributed by atoms with Crippen LogP contribution in [0.5, 0.6) is 0 Å². The highest BCUT2D eigenvalue weighted by atomic mass is 35.5. The van der Waals surface area contributed by atoms with E-state index in [4.69, 9.17) is 23.2 Å². The van der Waals surface area contributed by atoms with Crippen molar-refractivity contribution in [3.63, 3.8) is 0 Å². The summed E-state index contributed by atoms with van der Waals surface area (Å²) >= 11 is 13.9.